The highest BCUT2D eigenvalue weighted by atomic mass is 16.5. The maximum absolute atomic E-state index is 12.8. The Balaban J connectivity index is 1.42. The van der Waals surface area contributed by atoms with Crippen molar-refractivity contribution in [2.75, 3.05) is 0 Å². The van der Waals surface area contributed by atoms with E-state index in [0.717, 1.165) is 11.1 Å². The van der Waals surface area contributed by atoms with Gasteiger partial charge in [-0.15, -0.1) is 0 Å². The lowest BCUT2D eigenvalue weighted by atomic mass is 10.0. The number of fused-ring (bicyclic) bond motifs is 1. The number of nitrogens with one attached hydrogen (secondary N) is 1. The van der Waals surface area contributed by atoms with Crippen molar-refractivity contribution < 1.29 is 19.4 Å². The number of hydrogen-bond acceptors (Lipinski definition) is 4. The third-order valence-corrected chi connectivity index (χ3v) is 5.11. The van der Waals surface area contributed by atoms with Gasteiger partial charge in [-0.05, 0) is 35.4 Å². The SMILES string of the molecule is O=C(N[C@@H](Cc1ccc(OCc2ccccc2)cc1)C(=O)O)c1ccnc2ccccc12. The zero-order chi connectivity index (χ0) is 22.3. The summed E-state index contributed by atoms with van der Waals surface area (Å²) in [6.45, 7) is 0.452. The zero-order valence-corrected chi connectivity index (χ0v) is 17.3. The molecule has 0 saturated heterocycles. The summed E-state index contributed by atoms with van der Waals surface area (Å²) < 4.78 is 5.77. The van der Waals surface area contributed by atoms with E-state index in [1.807, 2.05) is 60.7 Å². The molecule has 4 rings (SSSR count). The molecule has 4 aromatic rings. The number of carboxylic acids is 1. The summed E-state index contributed by atoms with van der Waals surface area (Å²) in [6.07, 6.45) is 1.70. The van der Waals surface area contributed by atoms with Crippen LogP contribution in [-0.4, -0.2) is 28.0 Å². The molecule has 2 N–H and O–H groups in total. The van der Waals surface area contributed by atoms with Crippen LogP contribution in [0.2, 0.25) is 0 Å². The Morgan fingerprint density at radius 3 is 2.34 bits per heavy atom. The molecule has 6 nitrogen and oxygen atoms in total. The van der Waals surface area contributed by atoms with Crippen LogP contribution in [0, 0.1) is 0 Å². The Kier molecular flexibility index (Phi) is 6.41. The van der Waals surface area contributed by atoms with Crippen molar-refractivity contribution in [1.82, 2.24) is 10.3 Å². The van der Waals surface area contributed by atoms with Gasteiger partial charge in [0, 0.05) is 18.0 Å². The van der Waals surface area contributed by atoms with Crippen LogP contribution in [0.3, 0.4) is 0 Å². The van der Waals surface area contributed by atoms with Crippen molar-refractivity contribution in [3.63, 3.8) is 0 Å². The van der Waals surface area contributed by atoms with E-state index in [-0.39, 0.29) is 6.42 Å². The predicted octanol–water partition coefficient (Wildman–Crippen LogP) is 4.24. The van der Waals surface area contributed by atoms with E-state index >= 15 is 0 Å². The van der Waals surface area contributed by atoms with E-state index in [2.05, 4.69) is 10.3 Å². The normalized spacial score (nSPS) is 11.6. The lowest BCUT2D eigenvalue weighted by molar-refractivity contribution is -0.139. The fourth-order valence-electron chi connectivity index (χ4n) is 3.43. The van der Waals surface area contributed by atoms with Gasteiger partial charge in [0.05, 0.1) is 11.1 Å². The smallest absolute Gasteiger partial charge is 0.326 e. The van der Waals surface area contributed by atoms with Crippen molar-refractivity contribution in [3.8, 4) is 5.75 Å². The number of ether oxygens (including phenoxy) is 1. The second kappa shape index (κ2) is 9.75. The Morgan fingerprint density at radius 1 is 0.875 bits per heavy atom. The topological polar surface area (TPSA) is 88.5 Å². The van der Waals surface area contributed by atoms with Gasteiger partial charge in [-0.25, -0.2) is 4.79 Å². The zero-order valence-electron chi connectivity index (χ0n) is 17.3. The van der Waals surface area contributed by atoms with Gasteiger partial charge in [0.2, 0.25) is 0 Å². The molecule has 1 amide bonds. The number of benzene rings is 3. The molecule has 1 heterocycles. The summed E-state index contributed by atoms with van der Waals surface area (Å²) >= 11 is 0. The molecular formula is C26H22N2O4. The molecule has 0 spiro atoms. The minimum atomic E-state index is -1.10. The highest BCUT2D eigenvalue weighted by Crippen LogP contribution is 2.18. The first-order valence-electron chi connectivity index (χ1n) is 10.2. The van der Waals surface area contributed by atoms with E-state index in [1.54, 1.807) is 30.5 Å². The average molecular weight is 426 g/mol. The first-order valence-corrected chi connectivity index (χ1v) is 10.2. The Labute approximate surface area is 185 Å². The molecular weight excluding hydrogens is 404 g/mol. The lowest BCUT2D eigenvalue weighted by Gasteiger charge is -2.16. The standard InChI is InChI=1S/C26H22N2O4/c29-25(22-14-15-27-23-9-5-4-8-21(22)23)28-24(26(30)31)16-18-10-12-20(13-11-18)32-17-19-6-2-1-3-7-19/h1-15,24H,16-17H2,(H,28,29)(H,30,31)/t24-/m0/s1. The number of aliphatic carboxylic acids is 1. The van der Waals surface area contributed by atoms with Gasteiger partial charge >= 0.3 is 5.97 Å². The number of rotatable bonds is 8. The van der Waals surface area contributed by atoms with Crippen molar-refractivity contribution in [1.29, 1.82) is 0 Å². The summed E-state index contributed by atoms with van der Waals surface area (Å²) in [5, 5.41) is 13.0. The molecule has 6 heteroatoms. The number of aromatic nitrogens is 1. The van der Waals surface area contributed by atoms with E-state index in [4.69, 9.17) is 4.74 Å². The minimum absolute atomic E-state index is 0.156. The molecule has 0 aliphatic heterocycles. The Morgan fingerprint density at radius 2 is 1.59 bits per heavy atom. The number of nitrogens with zero attached hydrogens (tertiary/aromatic N) is 1. The molecule has 1 atom stereocenters. The molecule has 0 aliphatic carbocycles. The number of carboxylic acid groups (broad SMARTS) is 1. The molecule has 1 aromatic heterocycles. The van der Waals surface area contributed by atoms with Gasteiger partial charge < -0.3 is 15.2 Å². The van der Waals surface area contributed by atoms with Crippen molar-refractivity contribution in [2.45, 2.75) is 19.1 Å². The molecule has 32 heavy (non-hydrogen) atoms. The number of carbonyl (C=O) groups excluding carboxylic acids is 1. The number of amides is 1. The van der Waals surface area contributed by atoms with E-state index < -0.39 is 17.9 Å². The van der Waals surface area contributed by atoms with Crippen LogP contribution in [-0.2, 0) is 17.8 Å². The molecule has 0 saturated carbocycles. The van der Waals surface area contributed by atoms with Gasteiger partial charge in [-0.2, -0.15) is 0 Å². The second-order valence-electron chi connectivity index (χ2n) is 7.36. The van der Waals surface area contributed by atoms with E-state index in [9.17, 15) is 14.7 Å². The van der Waals surface area contributed by atoms with Crippen LogP contribution in [0.15, 0.2) is 91.1 Å². The molecule has 0 fully saturated rings. The summed E-state index contributed by atoms with van der Waals surface area (Å²) in [5.41, 5.74) is 2.92. The minimum Gasteiger partial charge on any atom is -0.489 e. The van der Waals surface area contributed by atoms with Crippen LogP contribution in [0.25, 0.3) is 10.9 Å². The van der Waals surface area contributed by atoms with Crippen molar-refractivity contribution in [3.05, 3.63) is 108 Å². The number of para-hydroxylation sites is 1. The monoisotopic (exact) mass is 426 g/mol. The highest BCUT2D eigenvalue weighted by Gasteiger charge is 2.22. The molecule has 160 valence electrons. The maximum Gasteiger partial charge on any atom is 0.326 e. The molecule has 0 bridgehead atoms. The summed E-state index contributed by atoms with van der Waals surface area (Å²) in [7, 11) is 0. The van der Waals surface area contributed by atoms with Crippen molar-refractivity contribution >= 4 is 22.8 Å². The lowest BCUT2D eigenvalue weighted by Crippen LogP contribution is -2.42. The van der Waals surface area contributed by atoms with E-state index in [0.29, 0.717) is 28.8 Å². The van der Waals surface area contributed by atoms with Crippen LogP contribution in [0.4, 0.5) is 0 Å². The number of hydrogen-bond donors (Lipinski definition) is 2. The Hall–Kier alpha value is -4.19. The van der Waals surface area contributed by atoms with Crippen molar-refractivity contribution in [2.24, 2.45) is 0 Å². The molecule has 0 unspecified atom stereocenters. The first kappa shape index (κ1) is 21.1. The summed E-state index contributed by atoms with van der Waals surface area (Å²) in [5.74, 6) is -0.850. The predicted molar refractivity (Wildman–Crippen MR) is 122 cm³/mol. The summed E-state index contributed by atoms with van der Waals surface area (Å²) in [4.78, 5) is 28.9. The van der Waals surface area contributed by atoms with Crippen LogP contribution < -0.4 is 10.1 Å². The Bertz CT molecular complexity index is 1220. The maximum atomic E-state index is 12.8. The van der Waals surface area contributed by atoms with Gasteiger partial charge in [-0.3, -0.25) is 9.78 Å². The van der Waals surface area contributed by atoms with Crippen LogP contribution in [0.1, 0.15) is 21.5 Å². The first-order chi connectivity index (χ1) is 15.6. The van der Waals surface area contributed by atoms with Gasteiger partial charge in [0.1, 0.15) is 18.4 Å². The van der Waals surface area contributed by atoms with E-state index in [1.165, 1.54) is 0 Å². The fourth-order valence-corrected chi connectivity index (χ4v) is 3.43. The third kappa shape index (κ3) is 5.10. The van der Waals surface area contributed by atoms with Crippen LogP contribution >= 0.6 is 0 Å². The van der Waals surface area contributed by atoms with Gasteiger partial charge in [0.15, 0.2) is 0 Å². The number of carbonyl (C=O) groups is 2. The average Bonchev–Trinajstić information content (AvgIpc) is 2.83. The molecule has 3 aromatic carbocycles. The van der Waals surface area contributed by atoms with Crippen LogP contribution in [0.5, 0.6) is 5.75 Å². The third-order valence-electron chi connectivity index (χ3n) is 5.11. The quantitative estimate of drug-likeness (QED) is 0.440. The summed E-state index contributed by atoms with van der Waals surface area (Å²) in [6, 6.07) is 24.8. The second-order valence-corrected chi connectivity index (χ2v) is 7.36. The highest BCUT2D eigenvalue weighted by molar-refractivity contribution is 6.06. The number of pyridine rings is 1. The largest absolute Gasteiger partial charge is 0.489 e. The molecule has 0 aliphatic rings. The van der Waals surface area contributed by atoms with Gasteiger partial charge in [-0.1, -0.05) is 60.7 Å². The molecule has 0 radical (unpaired) electrons. The fraction of sp³-hybridized carbons (Fsp3) is 0.115. The van der Waals surface area contributed by atoms with Gasteiger partial charge in [0.25, 0.3) is 5.91 Å².